The molecule has 0 aromatic heterocycles. The molecule has 186 valence electrons. The van der Waals surface area contributed by atoms with E-state index < -0.39 is 33.6 Å². The number of carbonyl (C=O) groups is 3. The van der Waals surface area contributed by atoms with Gasteiger partial charge in [0.1, 0.15) is 28.2 Å². The van der Waals surface area contributed by atoms with E-state index in [0.29, 0.717) is 39.3 Å². The summed E-state index contributed by atoms with van der Waals surface area (Å²) in [6.07, 6.45) is 0.946. The SMILES string of the molecule is CS(=O)(=O)CCC(C(=O)N1CCN(CCOc2ccccc2)CC1)N1C(=O)c2ccccc2C1=O. The second kappa shape index (κ2) is 10.6. The number of para-hydroxylation sites is 1. The molecule has 0 aliphatic carbocycles. The minimum absolute atomic E-state index is 0.131. The Hall–Kier alpha value is -3.24. The summed E-state index contributed by atoms with van der Waals surface area (Å²) < 4.78 is 29.4. The number of sulfone groups is 1. The molecule has 0 spiro atoms. The molecule has 1 saturated heterocycles. The van der Waals surface area contributed by atoms with Crippen LogP contribution < -0.4 is 4.74 Å². The van der Waals surface area contributed by atoms with Gasteiger partial charge in [0.25, 0.3) is 11.8 Å². The highest BCUT2D eigenvalue weighted by Gasteiger charge is 2.44. The smallest absolute Gasteiger partial charge is 0.262 e. The van der Waals surface area contributed by atoms with Gasteiger partial charge in [0.2, 0.25) is 5.91 Å². The van der Waals surface area contributed by atoms with Crippen molar-refractivity contribution in [2.45, 2.75) is 12.5 Å². The standard InChI is InChI=1S/C25H29N3O6S/c1-35(32,33)18-11-22(28-23(29)20-9-5-6-10-21(20)24(28)30)25(31)27-14-12-26(13-15-27)16-17-34-19-7-3-2-4-8-19/h2-10,22H,11-18H2,1H3. The van der Waals surface area contributed by atoms with Crippen molar-refractivity contribution in [3.63, 3.8) is 0 Å². The van der Waals surface area contributed by atoms with Crippen molar-refractivity contribution in [1.82, 2.24) is 14.7 Å². The average Bonchev–Trinajstić information content (AvgIpc) is 3.10. The number of fused-ring (bicyclic) bond motifs is 1. The molecule has 0 radical (unpaired) electrons. The van der Waals surface area contributed by atoms with Crippen LogP contribution in [0.25, 0.3) is 0 Å². The minimum Gasteiger partial charge on any atom is -0.492 e. The number of hydrogen-bond acceptors (Lipinski definition) is 7. The molecule has 0 bridgehead atoms. The van der Waals surface area contributed by atoms with Crippen LogP contribution in [-0.4, -0.2) is 98.2 Å². The molecule has 2 aliphatic rings. The topological polar surface area (TPSA) is 104 Å². The van der Waals surface area contributed by atoms with Crippen LogP contribution in [0.15, 0.2) is 54.6 Å². The first kappa shape index (κ1) is 24.9. The number of nitrogens with zero attached hydrogens (tertiary/aromatic N) is 3. The molecule has 2 aliphatic heterocycles. The number of piperazine rings is 1. The van der Waals surface area contributed by atoms with E-state index in [1.807, 2.05) is 30.3 Å². The van der Waals surface area contributed by atoms with Gasteiger partial charge in [0.15, 0.2) is 0 Å². The summed E-state index contributed by atoms with van der Waals surface area (Å²) in [5.41, 5.74) is 0.468. The molecular weight excluding hydrogens is 470 g/mol. The van der Waals surface area contributed by atoms with Gasteiger partial charge in [-0.05, 0) is 30.7 Å². The van der Waals surface area contributed by atoms with Crippen LogP contribution in [0.2, 0.25) is 0 Å². The number of rotatable bonds is 9. The molecule has 2 aromatic rings. The van der Waals surface area contributed by atoms with E-state index in [4.69, 9.17) is 4.74 Å². The lowest BCUT2D eigenvalue weighted by molar-refractivity contribution is -0.137. The Morgan fingerprint density at radius 2 is 1.49 bits per heavy atom. The molecule has 9 nitrogen and oxygen atoms in total. The van der Waals surface area contributed by atoms with E-state index in [1.54, 1.807) is 29.2 Å². The van der Waals surface area contributed by atoms with E-state index in [1.165, 1.54) is 0 Å². The Morgan fingerprint density at radius 1 is 0.914 bits per heavy atom. The summed E-state index contributed by atoms with van der Waals surface area (Å²) >= 11 is 0. The fourth-order valence-corrected chi connectivity index (χ4v) is 5.04. The third-order valence-corrected chi connectivity index (χ3v) is 7.26. The summed E-state index contributed by atoms with van der Waals surface area (Å²) in [5.74, 6) is -1.02. The van der Waals surface area contributed by atoms with Crippen LogP contribution in [-0.2, 0) is 14.6 Å². The van der Waals surface area contributed by atoms with Crippen molar-refractivity contribution >= 4 is 27.6 Å². The van der Waals surface area contributed by atoms with Crippen LogP contribution in [0.1, 0.15) is 27.1 Å². The van der Waals surface area contributed by atoms with Gasteiger partial charge < -0.3 is 9.64 Å². The molecule has 3 amide bonds. The van der Waals surface area contributed by atoms with Crippen molar-refractivity contribution in [2.75, 3.05) is 51.3 Å². The summed E-state index contributed by atoms with van der Waals surface area (Å²) in [4.78, 5) is 44.3. The lowest BCUT2D eigenvalue weighted by Gasteiger charge is -2.37. The number of ether oxygens (including phenoxy) is 1. The number of carbonyl (C=O) groups excluding carboxylic acids is 3. The molecular formula is C25H29N3O6S. The van der Waals surface area contributed by atoms with E-state index >= 15 is 0 Å². The third kappa shape index (κ3) is 5.88. The quantitative estimate of drug-likeness (QED) is 0.479. The lowest BCUT2D eigenvalue weighted by atomic mass is 10.1. The van der Waals surface area contributed by atoms with Gasteiger partial charge in [0.05, 0.1) is 16.9 Å². The molecule has 2 aromatic carbocycles. The zero-order valence-electron chi connectivity index (χ0n) is 19.6. The van der Waals surface area contributed by atoms with E-state index in [9.17, 15) is 22.8 Å². The number of benzene rings is 2. The molecule has 10 heteroatoms. The lowest BCUT2D eigenvalue weighted by Crippen LogP contribution is -2.56. The van der Waals surface area contributed by atoms with Crippen LogP contribution >= 0.6 is 0 Å². The Kier molecular flexibility index (Phi) is 7.51. The van der Waals surface area contributed by atoms with Crippen molar-refractivity contribution in [1.29, 1.82) is 0 Å². The van der Waals surface area contributed by atoms with Gasteiger partial charge in [-0.3, -0.25) is 24.2 Å². The summed E-state index contributed by atoms with van der Waals surface area (Å²) in [7, 11) is -3.40. The van der Waals surface area contributed by atoms with E-state index in [0.717, 1.165) is 16.9 Å². The van der Waals surface area contributed by atoms with Crippen molar-refractivity contribution < 1.29 is 27.5 Å². The summed E-state index contributed by atoms with van der Waals surface area (Å²) in [5, 5.41) is 0. The Morgan fingerprint density at radius 3 is 2.06 bits per heavy atom. The molecule has 2 heterocycles. The zero-order chi connectivity index (χ0) is 25.0. The molecule has 1 atom stereocenters. The highest BCUT2D eigenvalue weighted by atomic mass is 32.2. The highest BCUT2D eigenvalue weighted by Crippen LogP contribution is 2.27. The second-order valence-electron chi connectivity index (χ2n) is 8.79. The van der Waals surface area contributed by atoms with Gasteiger partial charge in [-0.25, -0.2) is 8.42 Å². The van der Waals surface area contributed by atoms with Gasteiger partial charge >= 0.3 is 0 Å². The van der Waals surface area contributed by atoms with Crippen molar-refractivity contribution in [3.05, 3.63) is 65.7 Å². The van der Waals surface area contributed by atoms with E-state index in [-0.39, 0.29) is 23.3 Å². The molecule has 4 rings (SSSR count). The maximum absolute atomic E-state index is 13.5. The van der Waals surface area contributed by atoms with Crippen LogP contribution in [0.5, 0.6) is 5.75 Å². The fourth-order valence-electron chi connectivity index (χ4n) is 4.39. The van der Waals surface area contributed by atoms with Gasteiger partial charge in [-0.2, -0.15) is 0 Å². The minimum atomic E-state index is -3.40. The zero-order valence-corrected chi connectivity index (χ0v) is 20.4. The molecule has 1 unspecified atom stereocenters. The van der Waals surface area contributed by atoms with E-state index in [2.05, 4.69) is 4.90 Å². The Bertz CT molecular complexity index is 1160. The Labute approximate surface area is 205 Å². The largest absolute Gasteiger partial charge is 0.492 e. The predicted octanol–water partition coefficient (Wildman–Crippen LogP) is 1.31. The highest BCUT2D eigenvalue weighted by molar-refractivity contribution is 7.90. The fraction of sp³-hybridized carbons (Fsp3) is 0.400. The molecule has 0 saturated carbocycles. The molecule has 0 N–H and O–H groups in total. The maximum atomic E-state index is 13.5. The number of hydrogen-bond donors (Lipinski definition) is 0. The molecule has 1 fully saturated rings. The maximum Gasteiger partial charge on any atom is 0.262 e. The first-order chi connectivity index (χ1) is 16.7. The number of amides is 3. The average molecular weight is 500 g/mol. The van der Waals surface area contributed by atoms with Crippen LogP contribution in [0.4, 0.5) is 0 Å². The van der Waals surface area contributed by atoms with Gasteiger partial charge in [0, 0.05) is 39.0 Å². The monoisotopic (exact) mass is 499 g/mol. The second-order valence-corrected chi connectivity index (χ2v) is 11.0. The van der Waals surface area contributed by atoms with Crippen molar-refractivity contribution in [2.24, 2.45) is 0 Å². The normalized spacial score (nSPS) is 17.4. The Balaban J connectivity index is 1.40. The van der Waals surface area contributed by atoms with Crippen molar-refractivity contribution in [3.8, 4) is 5.75 Å². The third-order valence-electron chi connectivity index (χ3n) is 6.29. The van der Waals surface area contributed by atoms with Crippen LogP contribution in [0.3, 0.4) is 0 Å². The summed E-state index contributed by atoms with van der Waals surface area (Å²) in [6, 6.07) is 14.8. The first-order valence-corrected chi connectivity index (χ1v) is 13.6. The van der Waals surface area contributed by atoms with Gasteiger partial charge in [-0.1, -0.05) is 30.3 Å². The first-order valence-electron chi connectivity index (χ1n) is 11.6. The summed E-state index contributed by atoms with van der Waals surface area (Å²) in [6.45, 7) is 3.29. The number of imide groups is 1. The van der Waals surface area contributed by atoms with Crippen LogP contribution in [0, 0.1) is 0 Å². The van der Waals surface area contributed by atoms with Gasteiger partial charge in [-0.15, -0.1) is 0 Å². The molecule has 35 heavy (non-hydrogen) atoms. The predicted molar refractivity (Wildman–Crippen MR) is 130 cm³/mol.